The Morgan fingerprint density at radius 3 is 2.77 bits per heavy atom. The van der Waals surface area contributed by atoms with Crippen LogP contribution in [0.3, 0.4) is 0 Å². The number of sulfonamides is 1. The number of carbonyl (C=O) groups is 1. The smallest absolute Gasteiger partial charge is 0.264 e. The number of fused-ring (bicyclic) bond motifs is 1. The molecule has 1 aromatic carbocycles. The van der Waals surface area contributed by atoms with Crippen molar-refractivity contribution >= 4 is 27.3 Å². The van der Waals surface area contributed by atoms with Crippen molar-refractivity contribution in [1.82, 2.24) is 9.62 Å². The van der Waals surface area contributed by atoms with Crippen LogP contribution in [0.1, 0.15) is 20.8 Å². The van der Waals surface area contributed by atoms with Crippen LogP contribution in [-0.2, 0) is 23.0 Å². The maximum Gasteiger partial charge on any atom is 0.264 e. The van der Waals surface area contributed by atoms with Crippen molar-refractivity contribution in [2.24, 2.45) is 0 Å². The van der Waals surface area contributed by atoms with E-state index >= 15 is 0 Å². The lowest BCUT2D eigenvalue weighted by Crippen LogP contribution is -2.35. The molecule has 3 rings (SSSR count). The molecule has 2 aromatic rings. The summed E-state index contributed by atoms with van der Waals surface area (Å²) in [4.78, 5) is 15.1. The summed E-state index contributed by atoms with van der Waals surface area (Å²) in [5.41, 5.74) is 2.00. The second-order valence-electron chi connectivity index (χ2n) is 5.09. The zero-order valence-corrected chi connectivity index (χ0v) is 13.7. The number of hydrogen-bond donors (Lipinski definition) is 1. The third-order valence-electron chi connectivity index (χ3n) is 3.79. The standard InChI is InChI=1S/C15H16N2O3S2/c1-16-22(19,20)13-5-4-11-6-7-17(10-12(11)9-13)15(18)14-3-2-8-21-14/h2-5,8-9,16H,6-7,10H2,1H3. The first-order chi connectivity index (χ1) is 10.5. The minimum Gasteiger partial charge on any atom is -0.333 e. The van der Waals surface area contributed by atoms with E-state index in [1.165, 1.54) is 18.4 Å². The topological polar surface area (TPSA) is 66.5 Å². The number of amides is 1. The highest BCUT2D eigenvalue weighted by Gasteiger charge is 2.24. The Kier molecular flexibility index (Phi) is 4.03. The van der Waals surface area contributed by atoms with Gasteiger partial charge in [0.1, 0.15) is 0 Å². The average molecular weight is 336 g/mol. The van der Waals surface area contributed by atoms with Crippen LogP contribution in [0.15, 0.2) is 40.6 Å². The van der Waals surface area contributed by atoms with Gasteiger partial charge in [-0.25, -0.2) is 13.1 Å². The van der Waals surface area contributed by atoms with E-state index in [9.17, 15) is 13.2 Å². The van der Waals surface area contributed by atoms with Gasteiger partial charge in [-0.3, -0.25) is 4.79 Å². The maximum atomic E-state index is 12.4. The lowest BCUT2D eigenvalue weighted by Gasteiger charge is -2.28. The van der Waals surface area contributed by atoms with Crippen LogP contribution in [-0.4, -0.2) is 32.8 Å². The van der Waals surface area contributed by atoms with E-state index in [1.807, 2.05) is 23.6 Å². The first-order valence-electron chi connectivity index (χ1n) is 6.89. The predicted octanol–water partition coefficient (Wildman–Crippen LogP) is 1.85. The molecule has 0 unspecified atom stereocenters. The number of carbonyl (C=O) groups excluding carboxylic acids is 1. The Morgan fingerprint density at radius 1 is 1.27 bits per heavy atom. The lowest BCUT2D eigenvalue weighted by molar-refractivity contribution is 0.0739. The third-order valence-corrected chi connectivity index (χ3v) is 6.06. The molecule has 0 bridgehead atoms. The highest BCUT2D eigenvalue weighted by Crippen LogP contribution is 2.24. The van der Waals surface area contributed by atoms with E-state index in [-0.39, 0.29) is 10.8 Å². The number of rotatable bonds is 3. The molecule has 1 amide bonds. The van der Waals surface area contributed by atoms with Gasteiger partial charge in [-0.2, -0.15) is 0 Å². The van der Waals surface area contributed by atoms with E-state index in [0.717, 1.165) is 17.5 Å². The summed E-state index contributed by atoms with van der Waals surface area (Å²) in [6.07, 6.45) is 0.742. The molecular weight excluding hydrogens is 320 g/mol. The number of nitrogens with one attached hydrogen (secondary N) is 1. The predicted molar refractivity (Wildman–Crippen MR) is 85.5 cm³/mol. The van der Waals surface area contributed by atoms with Gasteiger partial charge >= 0.3 is 0 Å². The minimum absolute atomic E-state index is 0.00234. The highest BCUT2D eigenvalue weighted by atomic mass is 32.2. The van der Waals surface area contributed by atoms with Crippen LogP contribution >= 0.6 is 11.3 Å². The van der Waals surface area contributed by atoms with E-state index in [0.29, 0.717) is 18.0 Å². The molecule has 2 heterocycles. The fraction of sp³-hybridized carbons (Fsp3) is 0.267. The average Bonchev–Trinajstić information content (AvgIpc) is 3.07. The maximum absolute atomic E-state index is 12.4. The molecule has 1 N–H and O–H groups in total. The Balaban J connectivity index is 1.89. The molecule has 0 atom stereocenters. The molecule has 1 aromatic heterocycles. The third kappa shape index (κ3) is 2.79. The molecular formula is C15H16N2O3S2. The highest BCUT2D eigenvalue weighted by molar-refractivity contribution is 7.89. The van der Waals surface area contributed by atoms with Crippen molar-refractivity contribution in [1.29, 1.82) is 0 Å². The Hall–Kier alpha value is -1.70. The Labute approximate surface area is 133 Å². The van der Waals surface area contributed by atoms with Crippen LogP contribution < -0.4 is 4.72 Å². The van der Waals surface area contributed by atoms with Gasteiger partial charge in [0.05, 0.1) is 9.77 Å². The molecule has 0 saturated carbocycles. The summed E-state index contributed by atoms with van der Waals surface area (Å²) in [7, 11) is -2.07. The second-order valence-corrected chi connectivity index (χ2v) is 7.93. The zero-order valence-electron chi connectivity index (χ0n) is 12.1. The van der Waals surface area contributed by atoms with Gasteiger partial charge in [0.15, 0.2) is 0 Å². The van der Waals surface area contributed by atoms with Gasteiger partial charge in [0.25, 0.3) is 5.91 Å². The van der Waals surface area contributed by atoms with E-state index in [4.69, 9.17) is 0 Å². The molecule has 22 heavy (non-hydrogen) atoms. The molecule has 0 saturated heterocycles. The first kappa shape index (κ1) is 15.2. The molecule has 7 heteroatoms. The SMILES string of the molecule is CNS(=O)(=O)c1ccc2c(c1)CN(C(=O)c1cccs1)CC2. The summed E-state index contributed by atoms with van der Waals surface area (Å²) in [6, 6.07) is 8.78. The van der Waals surface area contributed by atoms with Gasteiger partial charge in [-0.05, 0) is 48.2 Å². The van der Waals surface area contributed by atoms with Crippen LogP contribution in [0.25, 0.3) is 0 Å². The Bertz CT molecular complexity index is 798. The number of benzene rings is 1. The van der Waals surface area contributed by atoms with Gasteiger partial charge in [-0.1, -0.05) is 12.1 Å². The Morgan fingerprint density at radius 2 is 2.09 bits per heavy atom. The van der Waals surface area contributed by atoms with Crippen molar-refractivity contribution in [3.63, 3.8) is 0 Å². The largest absolute Gasteiger partial charge is 0.333 e. The van der Waals surface area contributed by atoms with E-state index in [2.05, 4.69) is 4.72 Å². The summed E-state index contributed by atoms with van der Waals surface area (Å²) in [5, 5.41) is 1.88. The molecule has 5 nitrogen and oxygen atoms in total. The number of thiophene rings is 1. The van der Waals surface area contributed by atoms with Crippen molar-refractivity contribution < 1.29 is 13.2 Å². The summed E-state index contributed by atoms with van der Waals surface area (Å²) >= 11 is 1.42. The number of hydrogen-bond acceptors (Lipinski definition) is 4. The van der Waals surface area contributed by atoms with E-state index < -0.39 is 10.0 Å². The quantitative estimate of drug-likeness (QED) is 0.930. The van der Waals surface area contributed by atoms with Crippen LogP contribution in [0.5, 0.6) is 0 Å². The summed E-state index contributed by atoms with van der Waals surface area (Å²) in [6.45, 7) is 1.10. The molecule has 1 aliphatic heterocycles. The van der Waals surface area contributed by atoms with Crippen molar-refractivity contribution in [2.75, 3.05) is 13.6 Å². The minimum atomic E-state index is -3.46. The van der Waals surface area contributed by atoms with Crippen molar-refractivity contribution in [3.8, 4) is 0 Å². The van der Waals surface area contributed by atoms with Gasteiger partial charge in [0.2, 0.25) is 10.0 Å². The van der Waals surface area contributed by atoms with Gasteiger partial charge in [-0.15, -0.1) is 11.3 Å². The van der Waals surface area contributed by atoms with E-state index in [1.54, 1.807) is 17.0 Å². The monoisotopic (exact) mass is 336 g/mol. The van der Waals surface area contributed by atoms with Crippen LogP contribution in [0.2, 0.25) is 0 Å². The lowest BCUT2D eigenvalue weighted by atomic mass is 10.00. The molecule has 0 fully saturated rings. The van der Waals surface area contributed by atoms with Gasteiger partial charge in [0, 0.05) is 13.1 Å². The normalized spacial score (nSPS) is 14.7. The van der Waals surface area contributed by atoms with Crippen LogP contribution in [0.4, 0.5) is 0 Å². The fourth-order valence-corrected chi connectivity index (χ4v) is 4.02. The molecule has 0 aliphatic carbocycles. The fourth-order valence-electron chi connectivity index (χ4n) is 2.55. The van der Waals surface area contributed by atoms with Gasteiger partial charge < -0.3 is 4.90 Å². The summed E-state index contributed by atoms with van der Waals surface area (Å²) < 4.78 is 26.1. The van der Waals surface area contributed by atoms with Crippen molar-refractivity contribution in [3.05, 3.63) is 51.7 Å². The zero-order chi connectivity index (χ0) is 15.7. The number of nitrogens with zero attached hydrogens (tertiary/aromatic N) is 1. The van der Waals surface area contributed by atoms with Crippen molar-refractivity contribution in [2.45, 2.75) is 17.9 Å². The molecule has 1 aliphatic rings. The molecule has 0 spiro atoms. The molecule has 0 radical (unpaired) electrons. The van der Waals surface area contributed by atoms with Crippen LogP contribution in [0, 0.1) is 0 Å². The second kappa shape index (κ2) is 5.83. The first-order valence-corrected chi connectivity index (χ1v) is 9.25. The molecule has 116 valence electrons. The summed E-state index contributed by atoms with van der Waals surface area (Å²) in [5.74, 6) is 0.00234.